The predicted octanol–water partition coefficient (Wildman–Crippen LogP) is 18.8. The van der Waals surface area contributed by atoms with Crippen LogP contribution in [0.5, 0.6) is 0 Å². The summed E-state index contributed by atoms with van der Waals surface area (Å²) in [6, 6.07) is -0.879. The van der Waals surface area contributed by atoms with Crippen LogP contribution in [0.2, 0.25) is 0 Å². The van der Waals surface area contributed by atoms with Crippen molar-refractivity contribution in [3.63, 3.8) is 0 Å². The van der Waals surface area contributed by atoms with Gasteiger partial charge in [0.1, 0.15) is 19.3 Å². The molecule has 2 N–H and O–H groups in total. The Morgan fingerprint density at radius 2 is 0.838 bits per heavy atom. The van der Waals surface area contributed by atoms with Crippen LogP contribution in [0.1, 0.15) is 271 Å². The molecule has 0 saturated heterocycles. The number of unbranched alkanes of at least 4 members (excludes halogenated alkanes) is 29. The monoisotopic (exact) mass is 1060 g/mol. The average molecular weight is 1060 g/mol. The molecule has 0 aliphatic carbocycles. The van der Waals surface area contributed by atoms with Gasteiger partial charge in [-0.3, -0.25) is 18.6 Å². The number of rotatable bonds is 55. The van der Waals surface area contributed by atoms with Crippen LogP contribution in [0.3, 0.4) is 0 Å². The molecule has 0 aliphatic heterocycles. The number of carbonyl (C=O) groups is 2. The maximum atomic E-state index is 13.5. The summed E-state index contributed by atoms with van der Waals surface area (Å²) in [6.07, 6.45) is 69.1. The van der Waals surface area contributed by atoms with Crippen LogP contribution in [-0.2, 0) is 27.9 Å². The Bertz CT molecular complexity index is 1500. The van der Waals surface area contributed by atoms with Crippen molar-refractivity contribution >= 4 is 19.7 Å². The maximum absolute atomic E-state index is 13.5. The Balaban J connectivity index is 5.35. The molecule has 0 aromatic carbocycles. The van der Waals surface area contributed by atoms with Crippen molar-refractivity contribution in [3.05, 3.63) is 72.9 Å². The highest BCUT2D eigenvalue weighted by molar-refractivity contribution is 7.47. The van der Waals surface area contributed by atoms with Gasteiger partial charge in [-0.15, -0.1) is 0 Å². The molecule has 430 valence electrons. The Morgan fingerprint density at radius 1 is 0.473 bits per heavy atom. The molecular formula is C64H118N2O7P+. The van der Waals surface area contributed by atoms with E-state index in [-0.39, 0.29) is 37.9 Å². The molecule has 0 aromatic rings. The van der Waals surface area contributed by atoms with Crippen LogP contribution in [0, 0.1) is 0 Å². The summed E-state index contributed by atoms with van der Waals surface area (Å²) in [7, 11) is 1.46. The van der Waals surface area contributed by atoms with Gasteiger partial charge >= 0.3 is 13.8 Å². The first-order valence-corrected chi connectivity index (χ1v) is 32.3. The summed E-state index contributed by atoms with van der Waals surface area (Å²) >= 11 is 0. The topological polar surface area (TPSA) is 111 Å². The minimum absolute atomic E-state index is 0.0280. The Morgan fingerprint density at radius 3 is 1.30 bits per heavy atom. The van der Waals surface area contributed by atoms with E-state index < -0.39 is 20.0 Å². The molecule has 0 aliphatic rings. The van der Waals surface area contributed by atoms with E-state index in [4.69, 9.17) is 13.8 Å². The maximum Gasteiger partial charge on any atom is 0.472 e. The number of nitrogens with zero attached hydrogens (tertiary/aromatic N) is 1. The summed E-state index contributed by atoms with van der Waals surface area (Å²) in [5, 5.41) is 3.02. The van der Waals surface area contributed by atoms with Crippen molar-refractivity contribution in [2.45, 2.75) is 283 Å². The van der Waals surface area contributed by atoms with Crippen LogP contribution < -0.4 is 5.32 Å². The summed E-state index contributed by atoms with van der Waals surface area (Å²) in [4.78, 5) is 37.6. The standard InChI is InChI=1S/C64H117N2O7P/c1-7-10-13-16-19-22-25-28-30-32-33-35-37-39-42-45-48-51-54-57-64(68)73-62(55-52-49-46-43-40-27-24-21-18-15-12-9-3)61(60-72-74(69,70)71-59-58-66(4,5)6)65-63(67)56-53-50-47-44-41-38-36-34-31-29-26-23-20-17-14-11-8-2/h20,23,28-31,36,38,44,47,52,55,61-62H,7-19,21-22,24-27,32-35,37,39-43,45-46,48-51,53-54,56-60H2,1-6H3,(H-,65,67,69,70)/p+1/b23-20-,30-28+,31-29-,38-36-,47-44-,55-52+. The first-order valence-electron chi connectivity index (χ1n) is 30.8. The molecule has 0 heterocycles. The van der Waals surface area contributed by atoms with E-state index >= 15 is 0 Å². The van der Waals surface area contributed by atoms with E-state index in [0.29, 0.717) is 17.4 Å². The van der Waals surface area contributed by atoms with Gasteiger partial charge in [-0.2, -0.15) is 0 Å². The number of phosphoric ester groups is 1. The fourth-order valence-electron chi connectivity index (χ4n) is 8.57. The number of nitrogens with one attached hydrogen (secondary N) is 1. The number of esters is 1. The number of carbonyl (C=O) groups excluding carboxylic acids is 2. The van der Waals surface area contributed by atoms with Gasteiger partial charge < -0.3 is 19.4 Å². The second kappa shape index (κ2) is 53.8. The first-order chi connectivity index (χ1) is 35.9. The van der Waals surface area contributed by atoms with Crippen molar-refractivity contribution in [1.29, 1.82) is 0 Å². The van der Waals surface area contributed by atoms with Crippen molar-refractivity contribution in [3.8, 4) is 0 Å². The second-order valence-electron chi connectivity index (χ2n) is 21.9. The van der Waals surface area contributed by atoms with E-state index in [2.05, 4.69) is 86.8 Å². The van der Waals surface area contributed by atoms with Crippen molar-refractivity contribution in [2.24, 2.45) is 0 Å². The third-order valence-corrected chi connectivity index (χ3v) is 14.4. The van der Waals surface area contributed by atoms with E-state index in [1.807, 2.05) is 33.3 Å². The quantitative estimate of drug-likeness (QED) is 0.0205. The van der Waals surface area contributed by atoms with Crippen LogP contribution in [-0.4, -0.2) is 74.3 Å². The van der Waals surface area contributed by atoms with Crippen LogP contribution in [0.4, 0.5) is 0 Å². The smallest absolute Gasteiger partial charge is 0.456 e. The third kappa shape index (κ3) is 54.2. The highest BCUT2D eigenvalue weighted by Gasteiger charge is 2.30. The molecule has 0 rings (SSSR count). The number of quaternary nitrogens is 1. The minimum Gasteiger partial charge on any atom is -0.456 e. The van der Waals surface area contributed by atoms with Gasteiger partial charge in [0.25, 0.3) is 0 Å². The molecule has 0 fully saturated rings. The molecule has 1 amide bonds. The summed E-state index contributed by atoms with van der Waals surface area (Å²) in [5.41, 5.74) is 0. The van der Waals surface area contributed by atoms with E-state index in [9.17, 15) is 19.0 Å². The molecule has 74 heavy (non-hydrogen) atoms. The summed E-state index contributed by atoms with van der Waals surface area (Å²) < 4.78 is 30.6. The lowest BCUT2D eigenvalue weighted by Crippen LogP contribution is -2.47. The van der Waals surface area contributed by atoms with Gasteiger partial charge in [-0.05, 0) is 96.0 Å². The van der Waals surface area contributed by atoms with Gasteiger partial charge in [0, 0.05) is 12.8 Å². The van der Waals surface area contributed by atoms with Gasteiger partial charge in [-0.25, -0.2) is 4.57 Å². The van der Waals surface area contributed by atoms with Crippen molar-refractivity contribution in [2.75, 3.05) is 40.9 Å². The number of phosphoric acid groups is 1. The number of ether oxygens (including phenoxy) is 1. The Labute approximate surface area is 457 Å². The van der Waals surface area contributed by atoms with Crippen LogP contribution in [0.15, 0.2) is 72.9 Å². The zero-order valence-electron chi connectivity index (χ0n) is 49.1. The lowest BCUT2D eigenvalue weighted by molar-refractivity contribution is -0.870. The first kappa shape index (κ1) is 71.5. The fourth-order valence-corrected chi connectivity index (χ4v) is 9.31. The van der Waals surface area contributed by atoms with Crippen molar-refractivity contribution in [1.82, 2.24) is 5.32 Å². The normalized spacial score (nSPS) is 14.2. The fraction of sp³-hybridized carbons (Fsp3) is 0.781. The lowest BCUT2D eigenvalue weighted by Gasteiger charge is -2.27. The van der Waals surface area contributed by atoms with Gasteiger partial charge in [0.2, 0.25) is 5.91 Å². The minimum atomic E-state index is -4.46. The zero-order valence-corrected chi connectivity index (χ0v) is 50.0. The average Bonchev–Trinajstić information content (AvgIpc) is 3.36. The molecule has 0 saturated carbocycles. The van der Waals surface area contributed by atoms with Gasteiger partial charge in [0.15, 0.2) is 0 Å². The molecule has 10 heteroatoms. The summed E-state index contributed by atoms with van der Waals surface area (Å²) in [5.74, 6) is -0.571. The number of hydrogen-bond acceptors (Lipinski definition) is 6. The Hall–Kier alpha value is -2.55. The number of likely N-dealkylation sites (N-methyl/N-ethyl adjacent to an activating group) is 1. The van der Waals surface area contributed by atoms with E-state index in [1.165, 1.54) is 167 Å². The molecule has 0 bridgehead atoms. The molecule has 0 aromatic heterocycles. The SMILES string of the molecule is CCCCC/C=C\C/C=C\C/C=C\C/C=C\CCCC(=O)NC(COP(=O)(O)OCC[N+](C)(C)C)C(/C=C/CCCCCCCCCCCC)OC(=O)CCCCCCCCCCC/C=C/CCCCCCCC. The van der Waals surface area contributed by atoms with E-state index in [0.717, 1.165) is 64.2 Å². The molecular weight excluding hydrogens is 940 g/mol. The van der Waals surface area contributed by atoms with Gasteiger partial charge in [0.05, 0.1) is 33.8 Å². The highest BCUT2D eigenvalue weighted by Crippen LogP contribution is 2.43. The van der Waals surface area contributed by atoms with Crippen LogP contribution >= 0.6 is 7.82 Å². The molecule has 3 atom stereocenters. The van der Waals surface area contributed by atoms with Crippen molar-refractivity contribution < 1.29 is 37.3 Å². The highest BCUT2D eigenvalue weighted by atomic mass is 31.2. The van der Waals surface area contributed by atoms with Gasteiger partial charge in [-0.1, -0.05) is 235 Å². The van der Waals surface area contributed by atoms with E-state index in [1.54, 1.807) is 0 Å². The number of hydrogen-bond donors (Lipinski definition) is 2. The van der Waals surface area contributed by atoms with Crippen LogP contribution in [0.25, 0.3) is 0 Å². The lowest BCUT2D eigenvalue weighted by atomic mass is 10.0. The largest absolute Gasteiger partial charge is 0.472 e. The predicted molar refractivity (Wildman–Crippen MR) is 318 cm³/mol. The summed E-state index contributed by atoms with van der Waals surface area (Å²) in [6.45, 7) is 6.94. The zero-order chi connectivity index (χ0) is 54.3. The molecule has 0 spiro atoms. The molecule has 3 unspecified atom stereocenters. The number of amides is 1. The molecule has 0 radical (unpaired) electrons. The second-order valence-corrected chi connectivity index (χ2v) is 23.3. The third-order valence-electron chi connectivity index (χ3n) is 13.4. The Kier molecular flexibility index (Phi) is 52.0. The number of allylic oxidation sites excluding steroid dienone is 11. The molecule has 9 nitrogen and oxygen atoms in total.